The molecule has 0 aliphatic carbocycles. The molecule has 2 heterocycles. The van der Waals surface area contributed by atoms with Crippen LogP contribution in [0, 0.1) is 11.6 Å². The molecule has 2 nitrogen and oxygen atoms in total. The third-order valence-electron chi connectivity index (χ3n) is 2.31. The molecule has 3 aromatic rings. The Morgan fingerprint density at radius 1 is 1.38 bits per heavy atom. The maximum absolute atomic E-state index is 5.51. The van der Waals surface area contributed by atoms with Crippen LogP contribution in [-0.2, 0) is 0 Å². The van der Waals surface area contributed by atoms with E-state index in [2.05, 4.69) is 32.2 Å². The number of hydrogen-bond donors (Lipinski definition) is 0. The van der Waals surface area contributed by atoms with Gasteiger partial charge in [-0.05, 0) is 0 Å². The molecule has 16 heavy (non-hydrogen) atoms. The van der Waals surface area contributed by atoms with Crippen molar-refractivity contribution >= 4 is 48.1 Å². The molecule has 2 aromatic heterocycles. The van der Waals surface area contributed by atoms with Gasteiger partial charge >= 0.3 is 109 Å². The number of nitrogens with zero attached hydrogens (tertiary/aromatic N) is 2. The zero-order valence-electron chi connectivity index (χ0n) is 8.51. The second kappa shape index (κ2) is 3.93. The van der Waals surface area contributed by atoms with Gasteiger partial charge in [0.1, 0.15) is 0 Å². The van der Waals surface area contributed by atoms with Crippen LogP contribution in [0.5, 0.6) is 0 Å². The predicted molar refractivity (Wildman–Crippen MR) is 71.5 cm³/mol. The third kappa shape index (κ3) is 1.60. The summed E-state index contributed by atoms with van der Waals surface area (Å²) >= 11 is 7.30. The Hall–Kier alpha value is -0.741. The second-order valence-corrected chi connectivity index (χ2v) is 6.74. The molecule has 3 rings (SSSR count). The van der Waals surface area contributed by atoms with E-state index in [0.29, 0.717) is 0 Å². The van der Waals surface area contributed by atoms with Crippen molar-refractivity contribution in [1.29, 1.82) is 0 Å². The number of aryl methyl sites for hydroxylation is 1. The molecular weight excluding hydrogens is 303 g/mol. The summed E-state index contributed by atoms with van der Waals surface area (Å²) in [6.45, 7) is 2.01. The fraction of sp³-hybridized carbons (Fsp3) is 0.0909. The van der Waals surface area contributed by atoms with E-state index in [4.69, 9.17) is 12.2 Å². The van der Waals surface area contributed by atoms with Gasteiger partial charge in [-0.3, -0.25) is 0 Å². The van der Waals surface area contributed by atoms with Crippen molar-refractivity contribution in [1.82, 2.24) is 7.94 Å². The van der Waals surface area contributed by atoms with E-state index >= 15 is 0 Å². The number of hydrogen-bond acceptors (Lipinski definition) is 3. The Morgan fingerprint density at radius 3 is 2.88 bits per heavy atom. The van der Waals surface area contributed by atoms with E-state index in [1.807, 2.05) is 13.0 Å². The van der Waals surface area contributed by atoms with Gasteiger partial charge in [-0.15, -0.1) is 0 Å². The molecule has 80 valence electrons. The van der Waals surface area contributed by atoms with Crippen LogP contribution in [-0.4, -0.2) is 22.7 Å². The van der Waals surface area contributed by atoms with Gasteiger partial charge in [0, 0.05) is 0 Å². The van der Waals surface area contributed by atoms with E-state index in [9.17, 15) is 0 Å². The first kappa shape index (κ1) is 10.4. The maximum atomic E-state index is 5.51. The standard InChI is InChI=1S/C11H8N2S2Se/c1-7-6-10(15-12-7)13-11(14)8-4-2-3-5-9(8)16-13/h2-6H,1H3. The first-order valence-corrected chi connectivity index (χ1v) is 7.61. The monoisotopic (exact) mass is 312 g/mol. The molecule has 0 fully saturated rings. The van der Waals surface area contributed by atoms with Crippen LogP contribution in [0.25, 0.3) is 14.6 Å². The van der Waals surface area contributed by atoms with Crippen LogP contribution in [0.15, 0.2) is 30.3 Å². The van der Waals surface area contributed by atoms with E-state index in [1.165, 1.54) is 26.2 Å². The van der Waals surface area contributed by atoms with Crippen molar-refractivity contribution in [2.45, 2.75) is 6.92 Å². The Morgan fingerprint density at radius 2 is 2.19 bits per heavy atom. The summed E-state index contributed by atoms with van der Waals surface area (Å²) in [4.78, 5) is 0. The van der Waals surface area contributed by atoms with E-state index < -0.39 is 0 Å². The molecule has 0 bridgehead atoms. The van der Waals surface area contributed by atoms with Crippen LogP contribution in [0.3, 0.4) is 0 Å². The van der Waals surface area contributed by atoms with Gasteiger partial charge in [0.2, 0.25) is 0 Å². The van der Waals surface area contributed by atoms with Crippen LogP contribution < -0.4 is 0 Å². The fourth-order valence-electron chi connectivity index (χ4n) is 1.56. The number of benzene rings is 1. The summed E-state index contributed by atoms with van der Waals surface area (Å²) in [5, 5.41) is 2.38. The van der Waals surface area contributed by atoms with Crippen molar-refractivity contribution in [3.63, 3.8) is 0 Å². The average Bonchev–Trinajstić information content (AvgIpc) is 2.84. The van der Waals surface area contributed by atoms with Gasteiger partial charge < -0.3 is 0 Å². The van der Waals surface area contributed by atoms with Crippen LogP contribution >= 0.6 is 23.8 Å². The Kier molecular flexibility index (Phi) is 2.56. The molecule has 0 saturated carbocycles. The van der Waals surface area contributed by atoms with Crippen molar-refractivity contribution in [2.75, 3.05) is 0 Å². The van der Waals surface area contributed by atoms with E-state index in [-0.39, 0.29) is 14.7 Å². The molecule has 5 heteroatoms. The van der Waals surface area contributed by atoms with Crippen LogP contribution in [0.4, 0.5) is 0 Å². The molecule has 0 aliphatic heterocycles. The Labute approximate surface area is 108 Å². The zero-order chi connectivity index (χ0) is 11.1. The van der Waals surface area contributed by atoms with Crippen molar-refractivity contribution in [3.8, 4) is 5.00 Å². The van der Waals surface area contributed by atoms with Gasteiger partial charge in [-0.1, -0.05) is 0 Å². The number of fused-ring (bicyclic) bond motifs is 1. The average molecular weight is 311 g/mol. The Bertz CT molecular complexity index is 708. The summed E-state index contributed by atoms with van der Waals surface area (Å²) < 4.78 is 8.84. The van der Waals surface area contributed by atoms with Crippen LogP contribution in [0.1, 0.15) is 5.69 Å². The molecule has 1 aromatic carbocycles. The third-order valence-corrected chi connectivity index (χ3v) is 6.44. The summed E-state index contributed by atoms with van der Waals surface area (Å²) in [6, 6.07) is 10.5. The predicted octanol–water partition coefficient (Wildman–Crippen LogP) is 3.18. The minimum atomic E-state index is 0.270. The first-order valence-electron chi connectivity index (χ1n) is 4.80. The van der Waals surface area contributed by atoms with Crippen molar-refractivity contribution < 1.29 is 0 Å². The zero-order valence-corrected chi connectivity index (χ0v) is 11.9. The molecule has 0 aliphatic rings. The molecule has 0 atom stereocenters. The quantitative estimate of drug-likeness (QED) is 0.507. The number of aromatic nitrogens is 2. The summed E-state index contributed by atoms with van der Waals surface area (Å²) in [5.41, 5.74) is 1.06. The molecule has 0 N–H and O–H groups in total. The summed E-state index contributed by atoms with van der Waals surface area (Å²) in [7, 11) is 0. The van der Waals surface area contributed by atoms with E-state index in [1.54, 1.807) is 0 Å². The topological polar surface area (TPSA) is 17.8 Å². The molecule has 0 amide bonds. The van der Waals surface area contributed by atoms with E-state index in [0.717, 1.165) is 10.3 Å². The van der Waals surface area contributed by atoms with Gasteiger partial charge in [0.05, 0.1) is 0 Å². The molecule has 0 saturated heterocycles. The SMILES string of the molecule is Cc1cc(-n2[se]c3ccccc3c2=S)sn1. The van der Waals surface area contributed by atoms with Crippen molar-refractivity contribution in [2.24, 2.45) is 0 Å². The second-order valence-electron chi connectivity index (χ2n) is 3.49. The summed E-state index contributed by atoms with van der Waals surface area (Å²) in [6.07, 6.45) is 0. The minimum absolute atomic E-state index is 0.270. The van der Waals surface area contributed by atoms with Gasteiger partial charge in [-0.2, -0.15) is 0 Å². The molecule has 0 spiro atoms. The molecular formula is C11H8N2S2Se. The summed E-state index contributed by atoms with van der Waals surface area (Å²) in [5.74, 6) is 0. The molecule has 0 radical (unpaired) electrons. The van der Waals surface area contributed by atoms with Crippen molar-refractivity contribution in [3.05, 3.63) is 40.7 Å². The normalized spacial score (nSPS) is 11.1. The fourth-order valence-corrected chi connectivity index (χ4v) is 5.26. The van der Waals surface area contributed by atoms with Gasteiger partial charge in [0.25, 0.3) is 0 Å². The molecule has 0 unspecified atom stereocenters. The first-order chi connectivity index (χ1) is 7.75. The van der Waals surface area contributed by atoms with Crippen LogP contribution in [0.2, 0.25) is 0 Å². The van der Waals surface area contributed by atoms with Gasteiger partial charge in [0.15, 0.2) is 0 Å². The number of rotatable bonds is 1. The Balaban J connectivity index is 2.33. The van der Waals surface area contributed by atoms with Gasteiger partial charge in [-0.25, -0.2) is 0 Å².